The third-order valence-electron chi connectivity index (χ3n) is 4.01. The van der Waals surface area contributed by atoms with Crippen molar-refractivity contribution in [2.24, 2.45) is 0 Å². The number of carbonyl (C=O) groups is 1. The molecule has 21 heavy (non-hydrogen) atoms. The van der Waals surface area contributed by atoms with Gasteiger partial charge in [0.1, 0.15) is 17.9 Å². The summed E-state index contributed by atoms with van der Waals surface area (Å²) in [5, 5.41) is 3.71. The molecule has 3 unspecified atom stereocenters. The van der Waals surface area contributed by atoms with Gasteiger partial charge in [0, 0.05) is 13.0 Å². The maximum Gasteiger partial charge on any atom is 0.323 e. The van der Waals surface area contributed by atoms with E-state index in [1.807, 2.05) is 12.1 Å². The van der Waals surface area contributed by atoms with Crippen LogP contribution in [0.15, 0.2) is 18.2 Å². The second-order valence-corrected chi connectivity index (χ2v) is 5.87. The third kappa shape index (κ3) is 3.89. The van der Waals surface area contributed by atoms with E-state index >= 15 is 0 Å². The Labute approximate surface area is 130 Å². The van der Waals surface area contributed by atoms with E-state index in [0.717, 1.165) is 6.42 Å². The number of ether oxygens (including phenoxy) is 2. The minimum absolute atomic E-state index is 0.0685. The highest BCUT2D eigenvalue weighted by Crippen LogP contribution is 2.31. The molecule has 0 bridgehead atoms. The van der Waals surface area contributed by atoms with Crippen molar-refractivity contribution in [2.45, 2.75) is 44.8 Å². The van der Waals surface area contributed by atoms with Crippen LogP contribution in [0, 0.1) is 0 Å². The lowest BCUT2D eigenvalue weighted by Gasteiger charge is -2.16. The number of nitrogens with one attached hydrogen (secondary N) is 1. The summed E-state index contributed by atoms with van der Waals surface area (Å²) in [5.74, 6) is 0.897. The smallest absolute Gasteiger partial charge is 0.323 e. The summed E-state index contributed by atoms with van der Waals surface area (Å²) >= 11 is 6.30. The van der Waals surface area contributed by atoms with Crippen molar-refractivity contribution in [3.63, 3.8) is 0 Å². The van der Waals surface area contributed by atoms with Crippen molar-refractivity contribution in [1.82, 2.24) is 5.32 Å². The van der Waals surface area contributed by atoms with Crippen LogP contribution in [0.3, 0.4) is 0 Å². The van der Waals surface area contributed by atoms with Crippen LogP contribution in [0.1, 0.15) is 38.2 Å². The molecule has 116 valence electrons. The fourth-order valence-electron chi connectivity index (χ4n) is 2.45. The molecule has 1 heterocycles. The van der Waals surface area contributed by atoms with E-state index in [4.69, 9.17) is 21.1 Å². The first-order valence-corrected chi connectivity index (χ1v) is 7.70. The van der Waals surface area contributed by atoms with Crippen LogP contribution in [-0.4, -0.2) is 31.8 Å². The zero-order chi connectivity index (χ0) is 15.4. The van der Waals surface area contributed by atoms with Gasteiger partial charge in [-0.1, -0.05) is 31.5 Å². The van der Waals surface area contributed by atoms with E-state index in [1.54, 1.807) is 0 Å². The molecule has 5 heteroatoms. The van der Waals surface area contributed by atoms with Crippen LogP contribution in [0.25, 0.3) is 0 Å². The van der Waals surface area contributed by atoms with Crippen molar-refractivity contribution in [2.75, 3.05) is 13.7 Å². The van der Waals surface area contributed by atoms with Crippen LogP contribution < -0.4 is 10.1 Å². The second-order valence-electron chi connectivity index (χ2n) is 5.46. The molecule has 1 aliphatic heterocycles. The highest BCUT2D eigenvalue weighted by Gasteiger charge is 2.31. The Bertz CT molecular complexity index is 506. The predicted molar refractivity (Wildman–Crippen MR) is 83.0 cm³/mol. The van der Waals surface area contributed by atoms with Gasteiger partial charge in [-0.25, -0.2) is 0 Å². The summed E-state index contributed by atoms with van der Waals surface area (Å²) in [7, 11) is 1.39. The maximum atomic E-state index is 11.5. The average molecular weight is 312 g/mol. The number of rotatable bonds is 5. The Kier molecular flexibility index (Phi) is 5.48. The molecule has 1 N–H and O–H groups in total. The predicted octanol–water partition coefficient (Wildman–Crippen LogP) is 3.14. The molecule has 1 aromatic rings. The summed E-state index contributed by atoms with van der Waals surface area (Å²) in [6, 6.07) is 5.63. The number of hydrogen-bond donors (Lipinski definition) is 1. The molecule has 0 amide bonds. The number of carbonyl (C=O) groups excluding carboxylic acids is 1. The Morgan fingerprint density at radius 2 is 2.29 bits per heavy atom. The molecular weight excluding hydrogens is 290 g/mol. The SMILES string of the molecule is CCC(C)c1ccc(OC2CNC(C(=O)OC)C2)c(Cl)c1. The zero-order valence-electron chi connectivity index (χ0n) is 12.7. The summed E-state index contributed by atoms with van der Waals surface area (Å²) in [4.78, 5) is 11.5. The lowest BCUT2D eigenvalue weighted by Crippen LogP contribution is -2.31. The average Bonchev–Trinajstić information content (AvgIpc) is 2.96. The van der Waals surface area contributed by atoms with Crippen LogP contribution in [0.2, 0.25) is 5.02 Å². The fraction of sp³-hybridized carbons (Fsp3) is 0.562. The van der Waals surface area contributed by atoms with Gasteiger partial charge < -0.3 is 14.8 Å². The van der Waals surface area contributed by atoms with E-state index in [1.165, 1.54) is 12.7 Å². The van der Waals surface area contributed by atoms with Gasteiger partial charge in [-0.2, -0.15) is 0 Å². The minimum Gasteiger partial charge on any atom is -0.487 e. The van der Waals surface area contributed by atoms with Gasteiger partial charge in [0.25, 0.3) is 0 Å². The Balaban J connectivity index is 1.99. The molecule has 1 fully saturated rings. The van der Waals surface area contributed by atoms with Crippen LogP contribution in [0.4, 0.5) is 0 Å². The van der Waals surface area contributed by atoms with Crippen LogP contribution in [-0.2, 0) is 9.53 Å². The van der Waals surface area contributed by atoms with Crippen molar-refractivity contribution in [3.8, 4) is 5.75 Å². The molecule has 1 aliphatic rings. The molecule has 0 saturated carbocycles. The zero-order valence-corrected chi connectivity index (χ0v) is 13.4. The molecule has 4 nitrogen and oxygen atoms in total. The molecule has 1 saturated heterocycles. The molecule has 0 radical (unpaired) electrons. The van der Waals surface area contributed by atoms with Gasteiger partial charge in [-0.15, -0.1) is 0 Å². The van der Waals surface area contributed by atoms with Crippen molar-refractivity contribution >= 4 is 17.6 Å². The first-order chi connectivity index (χ1) is 10.0. The van der Waals surface area contributed by atoms with E-state index < -0.39 is 0 Å². The molecule has 1 aromatic carbocycles. The Morgan fingerprint density at radius 3 is 2.90 bits per heavy atom. The van der Waals surface area contributed by atoms with Crippen molar-refractivity contribution in [3.05, 3.63) is 28.8 Å². The number of hydrogen-bond acceptors (Lipinski definition) is 4. The molecule has 3 atom stereocenters. The Morgan fingerprint density at radius 1 is 1.52 bits per heavy atom. The van der Waals surface area contributed by atoms with Gasteiger partial charge in [0.15, 0.2) is 0 Å². The first kappa shape index (κ1) is 16.1. The standard InChI is InChI=1S/C16H22ClNO3/c1-4-10(2)11-5-6-15(13(17)7-11)21-12-8-14(18-9-12)16(19)20-3/h5-7,10,12,14,18H,4,8-9H2,1-3H3. The fourth-order valence-corrected chi connectivity index (χ4v) is 2.68. The van der Waals surface area contributed by atoms with Gasteiger partial charge in [-0.05, 0) is 30.0 Å². The van der Waals surface area contributed by atoms with E-state index in [-0.39, 0.29) is 18.1 Å². The van der Waals surface area contributed by atoms with Crippen molar-refractivity contribution < 1.29 is 14.3 Å². The third-order valence-corrected chi connectivity index (χ3v) is 4.30. The largest absolute Gasteiger partial charge is 0.487 e. The van der Waals surface area contributed by atoms with Crippen LogP contribution in [0.5, 0.6) is 5.75 Å². The number of esters is 1. The van der Waals surface area contributed by atoms with Gasteiger partial charge in [0.05, 0.1) is 12.1 Å². The minimum atomic E-state index is -0.293. The molecular formula is C16H22ClNO3. The van der Waals surface area contributed by atoms with E-state index in [9.17, 15) is 4.79 Å². The van der Waals surface area contributed by atoms with Gasteiger partial charge in [-0.3, -0.25) is 4.79 Å². The molecule has 0 aliphatic carbocycles. The van der Waals surface area contributed by atoms with Gasteiger partial charge >= 0.3 is 5.97 Å². The topological polar surface area (TPSA) is 47.6 Å². The van der Waals surface area contributed by atoms with Crippen LogP contribution >= 0.6 is 11.6 Å². The van der Waals surface area contributed by atoms with Crippen molar-refractivity contribution in [1.29, 1.82) is 0 Å². The summed E-state index contributed by atoms with van der Waals surface area (Å²) < 4.78 is 10.6. The van der Waals surface area contributed by atoms with E-state index in [2.05, 4.69) is 25.2 Å². The monoisotopic (exact) mass is 311 g/mol. The molecule has 0 spiro atoms. The Hall–Kier alpha value is -1.26. The first-order valence-electron chi connectivity index (χ1n) is 7.32. The van der Waals surface area contributed by atoms with Gasteiger partial charge in [0.2, 0.25) is 0 Å². The maximum absolute atomic E-state index is 11.5. The quantitative estimate of drug-likeness (QED) is 0.849. The highest BCUT2D eigenvalue weighted by molar-refractivity contribution is 6.32. The highest BCUT2D eigenvalue weighted by atomic mass is 35.5. The number of halogens is 1. The molecule has 0 aromatic heterocycles. The number of benzene rings is 1. The lowest BCUT2D eigenvalue weighted by molar-refractivity contribution is -0.142. The summed E-state index contributed by atoms with van der Waals surface area (Å²) in [5.41, 5.74) is 1.21. The number of methoxy groups -OCH3 is 1. The molecule has 2 rings (SSSR count). The second kappa shape index (κ2) is 7.14. The normalized spacial score (nSPS) is 22.9. The summed E-state index contributed by atoms with van der Waals surface area (Å²) in [6.45, 7) is 4.94. The lowest BCUT2D eigenvalue weighted by atomic mass is 9.99. The van der Waals surface area contributed by atoms with E-state index in [0.29, 0.717) is 29.7 Å². The summed E-state index contributed by atoms with van der Waals surface area (Å²) in [6.07, 6.45) is 1.60.